The number of carbonyl (C=O) groups is 1. The summed E-state index contributed by atoms with van der Waals surface area (Å²) in [7, 11) is -1.92. The number of aliphatic hydroxyl groups excluding tert-OH is 1. The van der Waals surface area contributed by atoms with Gasteiger partial charge in [0.15, 0.2) is 8.32 Å². The zero-order valence-corrected chi connectivity index (χ0v) is 12.9. The highest BCUT2D eigenvalue weighted by Crippen LogP contribution is 2.39. The molecule has 1 aliphatic rings. The monoisotopic (exact) mass is 275 g/mol. The van der Waals surface area contributed by atoms with Crippen molar-refractivity contribution in [1.29, 1.82) is 0 Å². The number of hydrogen-bond acceptors (Lipinski definition) is 3. The summed E-state index contributed by atoms with van der Waals surface area (Å²) in [5, 5.41) is 18.5. The highest BCUT2D eigenvalue weighted by atomic mass is 28.4. The fraction of sp³-hybridized carbons (Fsp3) is 0.917. The van der Waals surface area contributed by atoms with Gasteiger partial charge in [-0.15, -0.1) is 0 Å². The van der Waals surface area contributed by atoms with Crippen molar-refractivity contribution >= 4 is 14.4 Å². The van der Waals surface area contributed by atoms with Crippen LogP contribution in [0.3, 0.4) is 0 Å². The highest BCUT2D eigenvalue weighted by molar-refractivity contribution is 6.74. The van der Waals surface area contributed by atoms with Gasteiger partial charge in [-0.2, -0.15) is 0 Å². The number of carboxylic acid groups (broad SMARTS) is 1. The van der Waals surface area contributed by atoms with Crippen molar-refractivity contribution in [1.82, 2.24) is 4.90 Å². The summed E-state index contributed by atoms with van der Waals surface area (Å²) in [5.41, 5.74) is 0. The first kappa shape index (κ1) is 15.5. The van der Waals surface area contributed by atoms with E-state index in [1.807, 2.05) is 0 Å². The van der Waals surface area contributed by atoms with E-state index in [1.54, 1.807) is 0 Å². The van der Waals surface area contributed by atoms with Gasteiger partial charge < -0.3 is 19.5 Å². The number of amides is 1. The summed E-state index contributed by atoms with van der Waals surface area (Å²) in [6.07, 6.45) is -0.480. The molecule has 0 bridgehead atoms. The third kappa shape index (κ3) is 3.04. The van der Waals surface area contributed by atoms with Gasteiger partial charge in [0.25, 0.3) is 0 Å². The molecular weight excluding hydrogens is 250 g/mol. The molecule has 0 aliphatic carbocycles. The molecule has 0 aromatic rings. The van der Waals surface area contributed by atoms with Crippen LogP contribution in [0.15, 0.2) is 0 Å². The number of hydrogen-bond donors (Lipinski definition) is 2. The van der Waals surface area contributed by atoms with Gasteiger partial charge in [-0.25, -0.2) is 4.79 Å². The Bertz CT molecular complexity index is 314. The highest BCUT2D eigenvalue weighted by Gasteiger charge is 2.44. The van der Waals surface area contributed by atoms with Gasteiger partial charge >= 0.3 is 6.09 Å². The van der Waals surface area contributed by atoms with Crippen LogP contribution >= 0.6 is 0 Å². The molecule has 2 atom stereocenters. The van der Waals surface area contributed by atoms with E-state index in [0.717, 1.165) is 0 Å². The normalized spacial score (nSPS) is 25.6. The van der Waals surface area contributed by atoms with Crippen molar-refractivity contribution in [3.8, 4) is 0 Å². The van der Waals surface area contributed by atoms with Crippen LogP contribution in [0.1, 0.15) is 27.2 Å². The molecule has 106 valence electrons. The van der Waals surface area contributed by atoms with Gasteiger partial charge in [-0.05, 0) is 24.6 Å². The minimum absolute atomic E-state index is 0.0870. The van der Waals surface area contributed by atoms with Crippen molar-refractivity contribution in [2.24, 2.45) is 0 Å². The third-order valence-electron chi connectivity index (χ3n) is 4.17. The fourth-order valence-electron chi connectivity index (χ4n) is 1.97. The maximum atomic E-state index is 11.0. The standard InChI is InChI=1S/C12H25NO4Si/c1-12(2,3)18(4,5)17-10-6-7-13(11(15)16)9(10)8-14/h9-10,14H,6-8H2,1-5H3,(H,15,16)/t9-,10+/m1/s1. The largest absolute Gasteiger partial charge is 0.465 e. The maximum Gasteiger partial charge on any atom is 0.407 e. The minimum Gasteiger partial charge on any atom is -0.465 e. The van der Waals surface area contributed by atoms with Crippen LogP contribution in [-0.4, -0.2) is 54.8 Å². The molecule has 0 unspecified atom stereocenters. The Morgan fingerprint density at radius 1 is 1.44 bits per heavy atom. The first-order chi connectivity index (χ1) is 8.10. The second-order valence-corrected chi connectivity index (χ2v) is 11.2. The van der Waals surface area contributed by atoms with Crippen molar-refractivity contribution in [2.75, 3.05) is 13.2 Å². The molecule has 1 heterocycles. The van der Waals surface area contributed by atoms with E-state index in [9.17, 15) is 9.90 Å². The number of likely N-dealkylation sites (tertiary alicyclic amines) is 1. The molecule has 1 saturated heterocycles. The molecule has 6 heteroatoms. The predicted octanol–water partition coefficient (Wildman–Crippen LogP) is 2.12. The van der Waals surface area contributed by atoms with E-state index in [-0.39, 0.29) is 17.7 Å². The Morgan fingerprint density at radius 2 is 2.00 bits per heavy atom. The lowest BCUT2D eigenvalue weighted by atomic mass is 10.2. The lowest BCUT2D eigenvalue weighted by molar-refractivity contribution is 0.0717. The molecule has 5 nitrogen and oxygen atoms in total. The minimum atomic E-state index is -1.92. The van der Waals surface area contributed by atoms with Crippen molar-refractivity contribution in [3.63, 3.8) is 0 Å². The van der Waals surface area contributed by atoms with Crippen LogP contribution in [0.2, 0.25) is 18.1 Å². The lowest BCUT2D eigenvalue weighted by Gasteiger charge is -2.39. The first-order valence-electron chi connectivity index (χ1n) is 6.38. The van der Waals surface area contributed by atoms with E-state index in [1.165, 1.54) is 4.90 Å². The average Bonchev–Trinajstić information content (AvgIpc) is 2.58. The molecule has 0 saturated carbocycles. The number of rotatable bonds is 3. The van der Waals surface area contributed by atoms with Crippen LogP contribution in [0.5, 0.6) is 0 Å². The van der Waals surface area contributed by atoms with Crippen LogP contribution in [0.4, 0.5) is 4.79 Å². The summed E-state index contributed by atoms with van der Waals surface area (Å²) in [5.74, 6) is 0. The molecule has 2 N–H and O–H groups in total. The van der Waals surface area contributed by atoms with E-state index < -0.39 is 20.5 Å². The second kappa shape index (κ2) is 5.18. The average molecular weight is 275 g/mol. The molecule has 1 rings (SSSR count). The number of aliphatic hydroxyl groups is 1. The molecule has 1 aliphatic heterocycles. The molecular formula is C12H25NO4Si. The lowest BCUT2D eigenvalue weighted by Crippen LogP contribution is -2.49. The van der Waals surface area contributed by atoms with Crippen LogP contribution in [-0.2, 0) is 4.43 Å². The van der Waals surface area contributed by atoms with E-state index in [2.05, 4.69) is 33.9 Å². The zero-order chi connectivity index (χ0) is 14.1. The van der Waals surface area contributed by atoms with E-state index >= 15 is 0 Å². The zero-order valence-electron chi connectivity index (χ0n) is 11.9. The van der Waals surface area contributed by atoms with Crippen molar-refractivity contribution in [3.05, 3.63) is 0 Å². The molecule has 18 heavy (non-hydrogen) atoms. The summed E-state index contributed by atoms with van der Waals surface area (Å²) < 4.78 is 6.22. The van der Waals surface area contributed by atoms with Gasteiger partial charge in [0.05, 0.1) is 18.8 Å². The van der Waals surface area contributed by atoms with Crippen molar-refractivity contribution < 1.29 is 19.4 Å². The Balaban J connectivity index is 2.77. The van der Waals surface area contributed by atoms with Gasteiger partial charge in [-0.1, -0.05) is 20.8 Å². The fourth-order valence-corrected chi connectivity index (χ4v) is 3.36. The van der Waals surface area contributed by atoms with Crippen LogP contribution in [0.25, 0.3) is 0 Å². The summed E-state index contributed by atoms with van der Waals surface area (Å²) in [6.45, 7) is 11.0. The predicted molar refractivity (Wildman–Crippen MR) is 72.3 cm³/mol. The van der Waals surface area contributed by atoms with Gasteiger partial charge in [-0.3, -0.25) is 0 Å². The Kier molecular flexibility index (Phi) is 4.45. The van der Waals surface area contributed by atoms with Gasteiger partial charge in [0, 0.05) is 6.54 Å². The molecule has 1 fully saturated rings. The maximum absolute atomic E-state index is 11.0. The number of nitrogens with zero attached hydrogens (tertiary/aromatic N) is 1. The topological polar surface area (TPSA) is 70.0 Å². The third-order valence-corrected chi connectivity index (χ3v) is 8.67. The molecule has 1 amide bonds. The first-order valence-corrected chi connectivity index (χ1v) is 9.29. The summed E-state index contributed by atoms with van der Waals surface area (Å²) >= 11 is 0. The van der Waals surface area contributed by atoms with Crippen LogP contribution < -0.4 is 0 Å². The SMILES string of the molecule is CC(C)(C)[Si](C)(C)O[C@H]1CCN(C(=O)O)[C@@H]1CO. The molecule has 0 radical (unpaired) electrons. The summed E-state index contributed by atoms with van der Waals surface area (Å²) in [6, 6.07) is -0.420. The molecule has 0 spiro atoms. The van der Waals surface area contributed by atoms with Gasteiger partial charge in [0.1, 0.15) is 0 Å². The Labute approximate surface area is 110 Å². The van der Waals surface area contributed by atoms with Crippen molar-refractivity contribution in [2.45, 2.75) is 57.5 Å². The van der Waals surface area contributed by atoms with Gasteiger partial charge in [0.2, 0.25) is 0 Å². The quantitative estimate of drug-likeness (QED) is 0.774. The Morgan fingerprint density at radius 3 is 2.39 bits per heavy atom. The Hall–Kier alpha value is -0.593. The second-order valence-electron chi connectivity index (χ2n) is 6.43. The van der Waals surface area contributed by atoms with E-state index in [0.29, 0.717) is 13.0 Å². The smallest absolute Gasteiger partial charge is 0.407 e. The van der Waals surface area contributed by atoms with Crippen LogP contribution in [0, 0.1) is 0 Å². The molecule has 0 aromatic heterocycles. The summed E-state index contributed by atoms with van der Waals surface area (Å²) in [4.78, 5) is 12.3. The van der Waals surface area contributed by atoms with E-state index in [4.69, 9.17) is 9.53 Å². The molecule has 0 aromatic carbocycles.